The van der Waals surface area contributed by atoms with E-state index >= 15 is 0 Å². The summed E-state index contributed by atoms with van der Waals surface area (Å²) >= 11 is 0. The van der Waals surface area contributed by atoms with Gasteiger partial charge in [0.25, 0.3) is 0 Å². The third-order valence-electron chi connectivity index (χ3n) is 3.88. The standard InChI is InChI=1S/C15H25N3O5Si/c1-6-9-16-13(19)17(10-7-2)15(21)18(14(16)20)11-8-12-24(5,22-3)23-4/h6-7H,1-2,8-12H2,3-5H3. The predicted octanol–water partition coefficient (Wildman–Crippen LogP) is 0.299. The minimum atomic E-state index is -2.28. The van der Waals surface area contributed by atoms with Crippen LogP contribution in [0, 0.1) is 0 Å². The first-order valence-corrected chi connectivity index (χ1v) is 10.1. The van der Waals surface area contributed by atoms with Crippen LogP contribution in [-0.2, 0) is 28.5 Å². The Hall–Kier alpha value is -1.97. The van der Waals surface area contributed by atoms with E-state index in [2.05, 4.69) is 13.2 Å². The summed E-state index contributed by atoms with van der Waals surface area (Å²) in [4.78, 5) is 37.1. The van der Waals surface area contributed by atoms with Crippen molar-refractivity contribution in [1.82, 2.24) is 13.7 Å². The summed E-state index contributed by atoms with van der Waals surface area (Å²) in [6.07, 6.45) is 3.41. The Morgan fingerprint density at radius 2 is 1.33 bits per heavy atom. The highest BCUT2D eigenvalue weighted by molar-refractivity contribution is 6.65. The van der Waals surface area contributed by atoms with Crippen molar-refractivity contribution in [3.63, 3.8) is 0 Å². The molecule has 0 aliphatic heterocycles. The van der Waals surface area contributed by atoms with Gasteiger partial charge < -0.3 is 8.85 Å². The highest BCUT2D eigenvalue weighted by atomic mass is 28.4. The molecule has 1 aromatic rings. The highest BCUT2D eigenvalue weighted by Crippen LogP contribution is 2.13. The van der Waals surface area contributed by atoms with E-state index < -0.39 is 25.6 Å². The van der Waals surface area contributed by atoms with Crippen LogP contribution < -0.4 is 17.1 Å². The summed E-state index contributed by atoms with van der Waals surface area (Å²) < 4.78 is 13.8. The van der Waals surface area contributed by atoms with Gasteiger partial charge in [-0.2, -0.15) is 0 Å². The summed E-state index contributed by atoms with van der Waals surface area (Å²) in [7, 11) is 0.894. The van der Waals surface area contributed by atoms with Crippen LogP contribution in [0.2, 0.25) is 12.6 Å². The van der Waals surface area contributed by atoms with Crippen molar-refractivity contribution in [3.05, 3.63) is 56.8 Å². The van der Waals surface area contributed by atoms with Gasteiger partial charge in [0.05, 0.1) is 13.1 Å². The molecular weight excluding hydrogens is 330 g/mol. The summed E-state index contributed by atoms with van der Waals surface area (Å²) in [6.45, 7) is 9.25. The second-order valence-electron chi connectivity index (χ2n) is 5.44. The van der Waals surface area contributed by atoms with Crippen molar-refractivity contribution in [2.24, 2.45) is 0 Å². The maximum Gasteiger partial charge on any atom is 0.336 e. The molecule has 1 aromatic heterocycles. The number of hydrogen-bond acceptors (Lipinski definition) is 5. The summed E-state index contributed by atoms with van der Waals surface area (Å²) in [5.41, 5.74) is -1.93. The molecule has 0 amide bonds. The SMILES string of the molecule is C=CCn1c(=O)n(CC=C)c(=O)n(CCC[Si](C)(OC)OC)c1=O. The molecule has 0 fully saturated rings. The van der Waals surface area contributed by atoms with E-state index in [9.17, 15) is 14.4 Å². The molecule has 24 heavy (non-hydrogen) atoms. The zero-order valence-corrected chi connectivity index (χ0v) is 15.5. The van der Waals surface area contributed by atoms with Crippen LogP contribution in [-0.4, -0.2) is 36.5 Å². The van der Waals surface area contributed by atoms with Gasteiger partial charge in [0.15, 0.2) is 0 Å². The van der Waals surface area contributed by atoms with Crippen LogP contribution in [0.1, 0.15) is 6.42 Å². The Labute approximate surface area is 141 Å². The van der Waals surface area contributed by atoms with Gasteiger partial charge in [-0.05, 0) is 19.0 Å². The minimum absolute atomic E-state index is 0.0394. The first-order valence-electron chi connectivity index (χ1n) is 7.61. The molecule has 0 N–H and O–H groups in total. The largest absolute Gasteiger partial charge is 0.398 e. The zero-order chi connectivity index (χ0) is 18.3. The summed E-state index contributed by atoms with van der Waals surface area (Å²) in [6, 6.07) is 0.619. The average molecular weight is 355 g/mol. The maximum atomic E-state index is 12.4. The molecule has 0 bridgehead atoms. The van der Waals surface area contributed by atoms with Crippen LogP contribution in [0.5, 0.6) is 0 Å². The molecule has 0 saturated heterocycles. The molecule has 9 heteroatoms. The minimum Gasteiger partial charge on any atom is -0.398 e. The number of allylic oxidation sites excluding steroid dienone is 2. The van der Waals surface area contributed by atoms with Crippen molar-refractivity contribution < 1.29 is 8.85 Å². The smallest absolute Gasteiger partial charge is 0.336 e. The maximum absolute atomic E-state index is 12.4. The van der Waals surface area contributed by atoms with Gasteiger partial charge in [-0.25, -0.2) is 28.1 Å². The van der Waals surface area contributed by atoms with Crippen LogP contribution in [0.4, 0.5) is 0 Å². The van der Waals surface area contributed by atoms with Crippen LogP contribution in [0.15, 0.2) is 39.7 Å². The molecule has 0 aliphatic rings. The van der Waals surface area contributed by atoms with E-state index in [1.165, 1.54) is 12.2 Å². The van der Waals surface area contributed by atoms with Crippen molar-refractivity contribution in [3.8, 4) is 0 Å². The van der Waals surface area contributed by atoms with Gasteiger partial charge in [0, 0.05) is 20.8 Å². The van der Waals surface area contributed by atoms with Crippen molar-refractivity contribution in [2.45, 2.75) is 38.6 Å². The predicted molar refractivity (Wildman–Crippen MR) is 94.7 cm³/mol. The van der Waals surface area contributed by atoms with E-state index in [0.29, 0.717) is 12.5 Å². The third-order valence-corrected chi connectivity index (χ3v) is 6.87. The molecule has 0 saturated carbocycles. The van der Waals surface area contributed by atoms with Crippen LogP contribution in [0.25, 0.3) is 0 Å². The summed E-state index contributed by atoms with van der Waals surface area (Å²) in [5, 5.41) is 0. The quantitative estimate of drug-likeness (QED) is 0.445. The first-order chi connectivity index (χ1) is 11.3. The van der Waals surface area contributed by atoms with Crippen molar-refractivity contribution in [2.75, 3.05) is 14.2 Å². The molecule has 1 heterocycles. The first kappa shape index (κ1) is 20.1. The molecule has 0 radical (unpaired) electrons. The van der Waals surface area contributed by atoms with Crippen LogP contribution >= 0.6 is 0 Å². The zero-order valence-electron chi connectivity index (χ0n) is 14.5. The summed E-state index contributed by atoms with van der Waals surface area (Å²) in [5.74, 6) is 0. The molecule has 0 aliphatic carbocycles. The van der Waals surface area contributed by atoms with Gasteiger partial charge >= 0.3 is 25.6 Å². The fourth-order valence-electron chi connectivity index (χ4n) is 2.29. The Morgan fingerprint density at radius 3 is 1.71 bits per heavy atom. The molecule has 0 spiro atoms. The lowest BCUT2D eigenvalue weighted by molar-refractivity contribution is 0.247. The van der Waals surface area contributed by atoms with Gasteiger partial charge in [0.2, 0.25) is 0 Å². The molecular formula is C15H25N3O5Si. The number of aromatic nitrogens is 3. The molecule has 0 unspecified atom stereocenters. The Balaban J connectivity index is 3.25. The monoisotopic (exact) mass is 355 g/mol. The van der Waals surface area contributed by atoms with E-state index in [1.807, 2.05) is 6.55 Å². The molecule has 0 atom stereocenters. The lowest BCUT2D eigenvalue weighted by Crippen LogP contribution is -2.54. The highest BCUT2D eigenvalue weighted by Gasteiger charge is 2.28. The Bertz CT molecular complexity index is 710. The Kier molecular flexibility index (Phi) is 7.33. The molecule has 8 nitrogen and oxygen atoms in total. The van der Waals surface area contributed by atoms with Gasteiger partial charge in [-0.1, -0.05) is 12.2 Å². The fraction of sp³-hybridized carbons (Fsp3) is 0.533. The molecule has 1 rings (SSSR count). The lowest BCUT2D eigenvalue weighted by Gasteiger charge is -2.22. The van der Waals surface area contributed by atoms with E-state index in [1.54, 1.807) is 14.2 Å². The number of rotatable bonds is 10. The topological polar surface area (TPSA) is 84.5 Å². The fourth-order valence-corrected chi connectivity index (χ4v) is 3.67. The average Bonchev–Trinajstić information content (AvgIpc) is 2.58. The van der Waals surface area contributed by atoms with Gasteiger partial charge in [-0.15, -0.1) is 13.2 Å². The third kappa shape index (κ3) is 4.31. The van der Waals surface area contributed by atoms with Crippen molar-refractivity contribution >= 4 is 8.56 Å². The van der Waals surface area contributed by atoms with Crippen LogP contribution in [0.3, 0.4) is 0 Å². The van der Waals surface area contributed by atoms with Gasteiger partial charge in [-0.3, -0.25) is 0 Å². The number of nitrogens with zero attached hydrogens (tertiary/aromatic N) is 3. The second kappa shape index (κ2) is 8.76. The lowest BCUT2D eigenvalue weighted by atomic mass is 10.4. The molecule has 134 valence electrons. The van der Waals surface area contributed by atoms with Crippen molar-refractivity contribution in [1.29, 1.82) is 0 Å². The normalized spacial score (nSPS) is 11.5. The van der Waals surface area contributed by atoms with E-state index in [4.69, 9.17) is 8.85 Å². The van der Waals surface area contributed by atoms with E-state index in [0.717, 1.165) is 13.7 Å². The van der Waals surface area contributed by atoms with Gasteiger partial charge in [0.1, 0.15) is 0 Å². The van der Waals surface area contributed by atoms with E-state index in [-0.39, 0.29) is 19.6 Å². The second-order valence-corrected chi connectivity index (χ2v) is 9.03. The molecule has 0 aromatic carbocycles. The number of hydrogen-bond donors (Lipinski definition) is 0. The Morgan fingerprint density at radius 1 is 0.917 bits per heavy atom.